The molecule has 0 bridgehead atoms. The Morgan fingerprint density at radius 1 is 1.17 bits per heavy atom. The summed E-state index contributed by atoms with van der Waals surface area (Å²) in [5, 5.41) is 2.96. The maximum absolute atomic E-state index is 12.5. The first-order chi connectivity index (χ1) is 11.1. The van der Waals surface area contributed by atoms with Crippen LogP contribution in [0.3, 0.4) is 0 Å². The second-order valence-electron chi connectivity index (χ2n) is 5.86. The Morgan fingerprint density at radius 3 is 2.70 bits per heavy atom. The minimum Gasteiger partial charge on any atom is -0.350 e. The molecule has 2 aromatic carbocycles. The largest absolute Gasteiger partial charge is 0.350 e. The smallest absolute Gasteiger partial charge is 0.243 e. The van der Waals surface area contributed by atoms with Crippen molar-refractivity contribution >= 4 is 17.5 Å². The van der Waals surface area contributed by atoms with Gasteiger partial charge in [-0.2, -0.15) is 0 Å². The third-order valence-electron chi connectivity index (χ3n) is 4.10. The molecule has 23 heavy (non-hydrogen) atoms. The van der Waals surface area contributed by atoms with Gasteiger partial charge in [0.1, 0.15) is 6.04 Å². The first kappa shape index (κ1) is 15.3. The molecule has 2 amide bonds. The summed E-state index contributed by atoms with van der Waals surface area (Å²) in [6.07, 6.45) is 0.977. The van der Waals surface area contributed by atoms with Crippen LogP contribution in [-0.4, -0.2) is 17.9 Å². The number of benzene rings is 2. The fourth-order valence-electron chi connectivity index (χ4n) is 2.97. The SMILES string of the molecule is Cc1cccc(CNC(=O)C2CCC(=O)N2c2ccccc2)c1. The average molecular weight is 308 g/mol. The quantitative estimate of drug-likeness (QED) is 0.944. The van der Waals surface area contributed by atoms with Gasteiger partial charge in [-0.05, 0) is 31.0 Å². The van der Waals surface area contributed by atoms with E-state index < -0.39 is 6.04 Å². The van der Waals surface area contributed by atoms with Crippen molar-refractivity contribution < 1.29 is 9.59 Å². The van der Waals surface area contributed by atoms with Crippen LogP contribution < -0.4 is 10.2 Å². The monoisotopic (exact) mass is 308 g/mol. The van der Waals surface area contributed by atoms with Crippen molar-refractivity contribution in [3.8, 4) is 0 Å². The van der Waals surface area contributed by atoms with E-state index in [9.17, 15) is 9.59 Å². The van der Waals surface area contributed by atoms with Crippen LogP contribution in [0.4, 0.5) is 5.69 Å². The number of para-hydroxylation sites is 1. The van der Waals surface area contributed by atoms with Crippen LogP contribution in [-0.2, 0) is 16.1 Å². The molecular weight excluding hydrogens is 288 g/mol. The van der Waals surface area contributed by atoms with Gasteiger partial charge in [0.05, 0.1) is 0 Å². The van der Waals surface area contributed by atoms with Crippen LogP contribution in [0.15, 0.2) is 54.6 Å². The predicted molar refractivity (Wildman–Crippen MR) is 90.0 cm³/mol. The number of carbonyl (C=O) groups is 2. The lowest BCUT2D eigenvalue weighted by atomic mass is 10.1. The molecule has 1 unspecified atom stereocenters. The number of anilines is 1. The summed E-state index contributed by atoms with van der Waals surface area (Å²) in [4.78, 5) is 26.3. The van der Waals surface area contributed by atoms with Crippen LogP contribution in [0.1, 0.15) is 24.0 Å². The second kappa shape index (κ2) is 6.65. The van der Waals surface area contributed by atoms with Crippen molar-refractivity contribution in [3.05, 3.63) is 65.7 Å². The highest BCUT2D eigenvalue weighted by Crippen LogP contribution is 2.26. The number of nitrogens with zero attached hydrogens (tertiary/aromatic N) is 1. The molecule has 0 aliphatic carbocycles. The molecule has 0 spiro atoms. The van der Waals surface area contributed by atoms with Crippen molar-refractivity contribution in [2.24, 2.45) is 0 Å². The molecule has 1 heterocycles. The van der Waals surface area contributed by atoms with E-state index in [2.05, 4.69) is 11.4 Å². The van der Waals surface area contributed by atoms with Gasteiger partial charge in [0, 0.05) is 18.7 Å². The van der Waals surface area contributed by atoms with Gasteiger partial charge < -0.3 is 5.32 Å². The van der Waals surface area contributed by atoms with Gasteiger partial charge in [0.2, 0.25) is 11.8 Å². The zero-order valence-electron chi connectivity index (χ0n) is 13.2. The fraction of sp³-hybridized carbons (Fsp3) is 0.263. The molecule has 1 fully saturated rings. The van der Waals surface area contributed by atoms with E-state index in [0.29, 0.717) is 19.4 Å². The summed E-state index contributed by atoms with van der Waals surface area (Å²) < 4.78 is 0. The predicted octanol–water partition coefficient (Wildman–Crippen LogP) is 2.81. The lowest BCUT2D eigenvalue weighted by molar-refractivity contribution is -0.124. The standard InChI is InChI=1S/C19H20N2O2/c1-14-6-5-7-15(12-14)13-20-19(23)17-10-11-18(22)21(17)16-8-3-2-4-9-16/h2-9,12,17H,10-11,13H2,1H3,(H,20,23). The van der Waals surface area contributed by atoms with Gasteiger partial charge in [-0.3, -0.25) is 14.5 Å². The molecule has 118 valence electrons. The number of nitrogens with one attached hydrogen (secondary N) is 1. The Balaban J connectivity index is 1.70. The van der Waals surface area contributed by atoms with E-state index >= 15 is 0 Å². The molecule has 3 rings (SSSR count). The van der Waals surface area contributed by atoms with Crippen LogP contribution in [0, 0.1) is 6.92 Å². The number of aryl methyl sites for hydroxylation is 1. The molecular formula is C19H20N2O2. The molecule has 4 nitrogen and oxygen atoms in total. The minimum absolute atomic E-state index is 0.00639. The van der Waals surface area contributed by atoms with Crippen LogP contribution >= 0.6 is 0 Å². The van der Waals surface area contributed by atoms with Crippen molar-refractivity contribution in [3.63, 3.8) is 0 Å². The molecule has 4 heteroatoms. The summed E-state index contributed by atoms with van der Waals surface area (Å²) in [6.45, 7) is 2.51. The minimum atomic E-state index is -0.422. The first-order valence-electron chi connectivity index (χ1n) is 7.85. The lowest BCUT2D eigenvalue weighted by Gasteiger charge is -2.24. The Bertz CT molecular complexity index is 712. The normalized spacial score (nSPS) is 17.3. The van der Waals surface area contributed by atoms with Crippen molar-refractivity contribution in [1.29, 1.82) is 0 Å². The third kappa shape index (κ3) is 3.42. The van der Waals surface area contributed by atoms with Gasteiger partial charge in [-0.1, -0.05) is 48.0 Å². The number of carbonyl (C=O) groups excluding carboxylic acids is 2. The molecule has 1 aliphatic rings. The zero-order valence-corrected chi connectivity index (χ0v) is 13.2. The highest BCUT2D eigenvalue weighted by molar-refractivity contribution is 6.03. The molecule has 2 aromatic rings. The Kier molecular flexibility index (Phi) is 4.42. The lowest BCUT2D eigenvalue weighted by Crippen LogP contribution is -2.44. The number of hydrogen-bond acceptors (Lipinski definition) is 2. The van der Waals surface area contributed by atoms with Crippen molar-refractivity contribution in [2.75, 3.05) is 4.90 Å². The highest BCUT2D eigenvalue weighted by Gasteiger charge is 2.36. The first-order valence-corrected chi connectivity index (χ1v) is 7.85. The van der Waals surface area contributed by atoms with Gasteiger partial charge in [0.15, 0.2) is 0 Å². The molecule has 1 atom stereocenters. The van der Waals surface area contributed by atoms with Crippen LogP contribution in [0.2, 0.25) is 0 Å². The maximum Gasteiger partial charge on any atom is 0.243 e. The van der Waals surface area contributed by atoms with Gasteiger partial charge in [-0.25, -0.2) is 0 Å². The molecule has 1 aliphatic heterocycles. The fourth-order valence-corrected chi connectivity index (χ4v) is 2.97. The van der Waals surface area contributed by atoms with Gasteiger partial charge in [-0.15, -0.1) is 0 Å². The maximum atomic E-state index is 12.5. The summed E-state index contributed by atoms with van der Waals surface area (Å²) in [5.41, 5.74) is 3.01. The number of amides is 2. The van der Waals surface area contributed by atoms with Crippen molar-refractivity contribution in [1.82, 2.24) is 5.32 Å². The van der Waals surface area contributed by atoms with Crippen molar-refractivity contribution in [2.45, 2.75) is 32.4 Å². The van der Waals surface area contributed by atoms with Gasteiger partial charge in [0.25, 0.3) is 0 Å². The Morgan fingerprint density at radius 2 is 1.96 bits per heavy atom. The Labute approximate surface area is 136 Å². The molecule has 1 saturated heterocycles. The topological polar surface area (TPSA) is 49.4 Å². The van der Waals surface area contributed by atoms with E-state index in [1.54, 1.807) is 4.90 Å². The third-order valence-corrected chi connectivity index (χ3v) is 4.10. The molecule has 0 radical (unpaired) electrons. The number of rotatable bonds is 4. The summed E-state index contributed by atoms with van der Waals surface area (Å²) >= 11 is 0. The zero-order chi connectivity index (χ0) is 16.2. The molecule has 0 saturated carbocycles. The van der Waals surface area contributed by atoms with Gasteiger partial charge >= 0.3 is 0 Å². The van der Waals surface area contributed by atoms with E-state index in [-0.39, 0.29) is 11.8 Å². The second-order valence-corrected chi connectivity index (χ2v) is 5.86. The van der Waals surface area contributed by atoms with E-state index in [0.717, 1.165) is 11.3 Å². The highest BCUT2D eigenvalue weighted by atomic mass is 16.2. The molecule has 1 N–H and O–H groups in total. The Hall–Kier alpha value is -2.62. The molecule has 0 aromatic heterocycles. The summed E-state index contributed by atoms with van der Waals surface area (Å²) in [7, 11) is 0. The summed E-state index contributed by atoms with van der Waals surface area (Å²) in [6, 6.07) is 17.0. The average Bonchev–Trinajstić information content (AvgIpc) is 2.95. The van der Waals surface area contributed by atoms with Crippen LogP contribution in [0.25, 0.3) is 0 Å². The summed E-state index contributed by atoms with van der Waals surface area (Å²) in [5.74, 6) is -0.0897. The van der Waals surface area contributed by atoms with E-state index in [4.69, 9.17) is 0 Å². The number of hydrogen-bond donors (Lipinski definition) is 1. The van der Waals surface area contributed by atoms with E-state index in [1.807, 2.05) is 55.5 Å². The van der Waals surface area contributed by atoms with Crippen LogP contribution in [0.5, 0.6) is 0 Å². The van der Waals surface area contributed by atoms with E-state index in [1.165, 1.54) is 5.56 Å².